The molecular formula is C33H40N4O5S. The van der Waals surface area contributed by atoms with Gasteiger partial charge in [0.05, 0.1) is 24.9 Å². The van der Waals surface area contributed by atoms with E-state index in [0.29, 0.717) is 24.4 Å². The van der Waals surface area contributed by atoms with E-state index in [1.807, 2.05) is 93.6 Å². The van der Waals surface area contributed by atoms with Crippen molar-refractivity contribution in [1.29, 1.82) is 0 Å². The van der Waals surface area contributed by atoms with Crippen LogP contribution in [0.2, 0.25) is 0 Å². The Morgan fingerprint density at radius 1 is 1.05 bits per heavy atom. The summed E-state index contributed by atoms with van der Waals surface area (Å²) < 4.78 is 0. The van der Waals surface area contributed by atoms with E-state index in [2.05, 4.69) is 16.0 Å². The minimum Gasteiger partial charge on any atom is -0.394 e. The summed E-state index contributed by atoms with van der Waals surface area (Å²) in [5, 5.41) is 27.6. The maximum absolute atomic E-state index is 13.9. The summed E-state index contributed by atoms with van der Waals surface area (Å²) in [6, 6.07) is 22.3. The molecule has 0 fully saturated rings. The lowest BCUT2D eigenvalue weighted by Crippen LogP contribution is -2.52. The third-order valence-electron chi connectivity index (χ3n) is 7.21. The SMILES string of the molecule is CCNC(=O)c1ccccc1-c1ccc(CN2C(=O)[C@H](NC(=O)CC(C)(C)NC[C@H](O)CO)CSc3ccccc32)cc1. The van der Waals surface area contributed by atoms with E-state index in [-0.39, 0.29) is 37.3 Å². The van der Waals surface area contributed by atoms with E-state index in [4.69, 9.17) is 5.11 Å². The Morgan fingerprint density at radius 2 is 1.74 bits per heavy atom. The van der Waals surface area contributed by atoms with Crippen molar-refractivity contribution in [3.63, 3.8) is 0 Å². The highest BCUT2D eigenvalue weighted by atomic mass is 32.2. The lowest BCUT2D eigenvalue weighted by Gasteiger charge is -2.29. The van der Waals surface area contributed by atoms with Gasteiger partial charge in [-0.05, 0) is 55.7 Å². The van der Waals surface area contributed by atoms with Crippen molar-refractivity contribution in [2.75, 3.05) is 30.3 Å². The molecule has 43 heavy (non-hydrogen) atoms. The lowest BCUT2D eigenvalue weighted by atomic mass is 9.98. The Labute approximate surface area is 257 Å². The smallest absolute Gasteiger partial charge is 0.251 e. The first kappa shape index (κ1) is 32.2. The highest BCUT2D eigenvalue weighted by Gasteiger charge is 2.33. The van der Waals surface area contributed by atoms with Gasteiger partial charge in [0.25, 0.3) is 11.8 Å². The van der Waals surface area contributed by atoms with Gasteiger partial charge in [-0.3, -0.25) is 14.4 Å². The van der Waals surface area contributed by atoms with Crippen LogP contribution in [0.25, 0.3) is 11.1 Å². The molecule has 0 saturated heterocycles. The number of benzene rings is 3. The highest BCUT2D eigenvalue weighted by Crippen LogP contribution is 2.35. The van der Waals surface area contributed by atoms with Gasteiger partial charge in [0.2, 0.25) is 5.91 Å². The molecule has 2 atom stereocenters. The van der Waals surface area contributed by atoms with Gasteiger partial charge in [-0.1, -0.05) is 54.6 Å². The van der Waals surface area contributed by atoms with Crippen LogP contribution < -0.4 is 20.9 Å². The predicted molar refractivity (Wildman–Crippen MR) is 170 cm³/mol. The summed E-state index contributed by atoms with van der Waals surface area (Å²) in [6.07, 6.45) is -0.829. The van der Waals surface area contributed by atoms with Crippen molar-refractivity contribution in [3.05, 3.63) is 83.9 Å². The van der Waals surface area contributed by atoms with Crippen LogP contribution in [0.4, 0.5) is 5.69 Å². The summed E-state index contributed by atoms with van der Waals surface area (Å²) in [5.74, 6) is -0.208. The Balaban J connectivity index is 1.52. The van der Waals surface area contributed by atoms with Crippen molar-refractivity contribution < 1.29 is 24.6 Å². The second kappa shape index (κ2) is 14.7. The van der Waals surface area contributed by atoms with Crippen LogP contribution >= 0.6 is 11.8 Å². The molecule has 4 rings (SSSR count). The van der Waals surface area contributed by atoms with Gasteiger partial charge in [-0.15, -0.1) is 11.8 Å². The zero-order valence-electron chi connectivity index (χ0n) is 24.8. The molecule has 0 radical (unpaired) electrons. The van der Waals surface area contributed by atoms with Crippen LogP contribution in [-0.2, 0) is 16.1 Å². The van der Waals surface area contributed by atoms with E-state index in [1.165, 1.54) is 11.8 Å². The molecule has 3 aromatic rings. The normalized spacial score (nSPS) is 15.8. The number of para-hydroxylation sites is 1. The van der Waals surface area contributed by atoms with Crippen LogP contribution in [0.15, 0.2) is 77.7 Å². The summed E-state index contributed by atoms with van der Waals surface area (Å²) in [4.78, 5) is 42.2. The van der Waals surface area contributed by atoms with E-state index < -0.39 is 17.7 Å². The molecule has 10 heteroatoms. The maximum Gasteiger partial charge on any atom is 0.251 e. The fourth-order valence-electron chi connectivity index (χ4n) is 4.95. The number of aliphatic hydroxyl groups excluding tert-OH is 2. The van der Waals surface area contributed by atoms with Gasteiger partial charge in [-0.2, -0.15) is 0 Å². The maximum atomic E-state index is 13.9. The Bertz CT molecular complexity index is 1430. The Kier molecular flexibility index (Phi) is 11.0. The van der Waals surface area contributed by atoms with E-state index in [1.54, 1.807) is 4.90 Å². The molecule has 9 nitrogen and oxygen atoms in total. The summed E-state index contributed by atoms with van der Waals surface area (Å²) >= 11 is 1.53. The first-order valence-corrected chi connectivity index (χ1v) is 15.4. The topological polar surface area (TPSA) is 131 Å². The van der Waals surface area contributed by atoms with Crippen LogP contribution in [0.5, 0.6) is 0 Å². The Morgan fingerprint density at radius 3 is 2.47 bits per heavy atom. The monoisotopic (exact) mass is 604 g/mol. The molecular weight excluding hydrogens is 564 g/mol. The molecule has 0 spiro atoms. The molecule has 1 heterocycles. The average Bonchev–Trinajstić information content (AvgIpc) is 3.12. The largest absolute Gasteiger partial charge is 0.394 e. The second-order valence-corrected chi connectivity index (χ2v) is 12.3. The molecule has 0 saturated carbocycles. The molecule has 1 aliphatic heterocycles. The molecule has 0 unspecified atom stereocenters. The number of carbonyl (C=O) groups is 3. The minimum absolute atomic E-state index is 0.0890. The standard InChI is InChI=1S/C33H40N4O5S/c1-4-34-31(41)26-10-6-5-9-25(26)23-15-13-22(14-16-23)19-37-28-11-7-8-12-29(28)43-21-27(32(37)42)36-30(40)17-33(2,3)35-18-24(39)20-38/h5-16,24,27,35,38-39H,4,17-21H2,1-3H3,(H,34,41)(H,36,40)/t24-,27+/m0/s1. The molecule has 5 N–H and O–H groups in total. The number of hydrogen-bond donors (Lipinski definition) is 5. The molecule has 3 amide bonds. The van der Waals surface area contributed by atoms with Gasteiger partial charge >= 0.3 is 0 Å². The number of carbonyl (C=O) groups excluding carboxylic acids is 3. The molecule has 3 aromatic carbocycles. The average molecular weight is 605 g/mol. The second-order valence-electron chi connectivity index (χ2n) is 11.2. The summed E-state index contributed by atoms with van der Waals surface area (Å²) in [7, 11) is 0. The zero-order valence-corrected chi connectivity index (χ0v) is 25.6. The van der Waals surface area contributed by atoms with Gasteiger partial charge < -0.3 is 31.1 Å². The fraction of sp³-hybridized carbons (Fsp3) is 0.364. The van der Waals surface area contributed by atoms with Crippen LogP contribution in [-0.4, -0.2) is 71.1 Å². The van der Waals surface area contributed by atoms with Crippen molar-refractivity contribution in [1.82, 2.24) is 16.0 Å². The number of aliphatic hydroxyl groups is 2. The van der Waals surface area contributed by atoms with E-state index in [0.717, 1.165) is 27.3 Å². The highest BCUT2D eigenvalue weighted by molar-refractivity contribution is 7.99. The number of rotatable bonds is 12. The summed E-state index contributed by atoms with van der Waals surface area (Å²) in [5.41, 5.74) is 3.39. The molecule has 0 aliphatic carbocycles. The van der Waals surface area contributed by atoms with Gasteiger partial charge in [0.1, 0.15) is 6.04 Å². The third kappa shape index (κ3) is 8.45. The van der Waals surface area contributed by atoms with Gasteiger partial charge in [0, 0.05) is 41.3 Å². The number of β-amino-alcohol motifs (C(OH)–C–C–N with tert-alkyl or cyclic N) is 1. The number of nitrogens with zero attached hydrogens (tertiary/aromatic N) is 1. The number of amides is 3. The quantitative estimate of drug-likeness (QED) is 0.214. The molecule has 1 aliphatic rings. The third-order valence-corrected chi connectivity index (χ3v) is 8.36. The predicted octanol–water partition coefficient (Wildman–Crippen LogP) is 3.34. The van der Waals surface area contributed by atoms with Gasteiger partial charge in [-0.25, -0.2) is 0 Å². The number of nitrogens with one attached hydrogen (secondary N) is 3. The lowest BCUT2D eigenvalue weighted by molar-refractivity contribution is -0.128. The molecule has 0 aromatic heterocycles. The zero-order chi connectivity index (χ0) is 31.0. The number of anilines is 1. The molecule has 228 valence electrons. The fourth-order valence-corrected chi connectivity index (χ4v) is 6.02. The first-order chi connectivity index (χ1) is 20.6. The van der Waals surface area contributed by atoms with Crippen LogP contribution in [0.3, 0.4) is 0 Å². The number of fused-ring (bicyclic) bond motifs is 1. The van der Waals surface area contributed by atoms with Gasteiger partial charge in [0.15, 0.2) is 0 Å². The van der Waals surface area contributed by atoms with Crippen molar-refractivity contribution in [2.24, 2.45) is 0 Å². The summed E-state index contributed by atoms with van der Waals surface area (Å²) in [6.45, 7) is 6.19. The van der Waals surface area contributed by atoms with Crippen molar-refractivity contribution in [3.8, 4) is 11.1 Å². The van der Waals surface area contributed by atoms with Crippen molar-refractivity contribution in [2.45, 2.75) is 56.3 Å². The molecule has 0 bridgehead atoms. The number of thioether (sulfide) groups is 1. The van der Waals surface area contributed by atoms with Crippen LogP contribution in [0.1, 0.15) is 43.1 Å². The van der Waals surface area contributed by atoms with Crippen LogP contribution in [0, 0.1) is 0 Å². The van der Waals surface area contributed by atoms with E-state index in [9.17, 15) is 19.5 Å². The number of hydrogen-bond acceptors (Lipinski definition) is 7. The first-order valence-electron chi connectivity index (χ1n) is 14.4. The Hall–Kier alpha value is -3.70. The minimum atomic E-state index is -0.918. The van der Waals surface area contributed by atoms with Crippen molar-refractivity contribution >= 4 is 35.2 Å². The van der Waals surface area contributed by atoms with E-state index >= 15 is 0 Å².